The number of methoxy groups -OCH3 is 1. The number of rotatable bonds is 3. The summed E-state index contributed by atoms with van der Waals surface area (Å²) in [5.41, 5.74) is 6.28. The normalized spacial score (nSPS) is 10.0. The van der Waals surface area contributed by atoms with Gasteiger partial charge in [0.25, 0.3) is 0 Å². The number of halogens is 1. The van der Waals surface area contributed by atoms with Gasteiger partial charge in [-0.2, -0.15) is 0 Å². The van der Waals surface area contributed by atoms with Gasteiger partial charge >= 0.3 is 0 Å². The Kier molecular flexibility index (Phi) is 3.35. The van der Waals surface area contributed by atoms with E-state index in [1.54, 1.807) is 37.4 Å². The Bertz CT molecular complexity index is 514. The number of anilines is 1. The number of nitrogens with two attached hydrogens (primary N) is 1. The van der Waals surface area contributed by atoms with Crippen LogP contribution in [0.5, 0.6) is 17.4 Å². The van der Waals surface area contributed by atoms with Crippen LogP contribution in [0.2, 0.25) is 5.02 Å². The molecule has 2 rings (SSSR count). The molecular weight excluding hydrogens is 240 g/mol. The van der Waals surface area contributed by atoms with Crippen molar-refractivity contribution in [2.24, 2.45) is 0 Å². The molecule has 1 aromatic heterocycles. The summed E-state index contributed by atoms with van der Waals surface area (Å²) in [5, 5.41) is 0.553. The largest absolute Gasteiger partial charge is 0.493 e. The quantitative estimate of drug-likeness (QED) is 0.851. The molecule has 0 unspecified atom stereocenters. The summed E-state index contributed by atoms with van der Waals surface area (Å²) in [6, 6.07) is 8.52. The molecule has 0 fully saturated rings. The van der Waals surface area contributed by atoms with Crippen LogP contribution in [0.1, 0.15) is 0 Å². The van der Waals surface area contributed by atoms with E-state index in [1.165, 1.54) is 6.20 Å². The number of ether oxygens (including phenoxy) is 2. The SMILES string of the molecule is COc1ccc(N)cc1Oc1ccc(Cl)cn1. The number of hydrogen-bond donors (Lipinski definition) is 1. The van der Waals surface area contributed by atoms with Gasteiger partial charge in [0, 0.05) is 24.0 Å². The Morgan fingerprint density at radius 3 is 2.65 bits per heavy atom. The zero-order valence-corrected chi connectivity index (χ0v) is 9.94. The molecule has 4 nitrogen and oxygen atoms in total. The van der Waals surface area contributed by atoms with Gasteiger partial charge < -0.3 is 15.2 Å². The lowest BCUT2D eigenvalue weighted by atomic mass is 10.3. The van der Waals surface area contributed by atoms with E-state index in [2.05, 4.69) is 4.98 Å². The maximum absolute atomic E-state index is 5.74. The number of nitrogens with zero attached hydrogens (tertiary/aromatic N) is 1. The van der Waals surface area contributed by atoms with Crippen molar-refractivity contribution in [1.29, 1.82) is 0 Å². The third-order valence-corrected chi connectivity index (χ3v) is 2.33. The second-order valence-corrected chi connectivity index (χ2v) is 3.76. The summed E-state index contributed by atoms with van der Waals surface area (Å²) in [7, 11) is 1.56. The molecule has 0 aliphatic rings. The molecule has 0 saturated carbocycles. The Hall–Kier alpha value is -1.94. The van der Waals surface area contributed by atoms with Gasteiger partial charge in [-0.15, -0.1) is 0 Å². The number of nitrogen functional groups attached to an aromatic ring is 1. The molecule has 1 heterocycles. The Morgan fingerprint density at radius 1 is 1.18 bits per heavy atom. The first-order chi connectivity index (χ1) is 8.19. The minimum absolute atomic E-state index is 0.429. The average Bonchev–Trinajstić information content (AvgIpc) is 2.32. The Balaban J connectivity index is 2.28. The summed E-state index contributed by atoms with van der Waals surface area (Å²) in [4.78, 5) is 4.03. The highest BCUT2D eigenvalue weighted by molar-refractivity contribution is 6.30. The van der Waals surface area contributed by atoms with E-state index in [4.69, 9.17) is 26.8 Å². The fraction of sp³-hybridized carbons (Fsp3) is 0.0833. The molecule has 0 spiro atoms. The molecule has 88 valence electrons. The van der Waals surface area contributed by atoms with E-state index in [-0.39, 0.29) is 0 Å². The van der Waals surface area contributed by atoms with E-state index in [1.807, 2.05) is 0 Å². The van der Waals surface area contributed by atoms with Crippen molar-refractivity contribution < 1.29 is 9.47 Å². The van der Waals surface area contributed by atoms with Gasteiger partial charge in [-0.3, -0.25) is 0 Å². The molecule has 0 amide bonds. The highest BCUT2D eigenvalue weighted by Gasteiger charge is 2.06. The van der Waals surface area contributed by atoms with Gasteiger partial charge in [-0.1, -0.05) is 11.6 Å². The lowest BCUT2D eigenvalue weighted by Crippen LogP contribution is -1.93. The molecule has 2 N–H and O–H groups in total. The van der Waals surface area contributed by atoms with Gasteiger partial charge in [0.05, 0.1) is 12.1 Å². The number of benzene rings is 1. The fourth-order valence-electron chi connectivity index (χ4n) is 1.31. The Labute approximate surface area is 104 Å². The van der Waals surface area contributed by atoms with E-state index in [9.17, 15) is 0 Å². The van der Waals surface area contributed by atoms with Crippen LogP contribution in [0, 0.1) is 0 Å². The van der Waals surface area contributed by atoms with Gasteiger partial charge in [-0.05, 0) is 18.2 Å². The second kappa shape index (κ2) is 4.93. The summed E-state index contributed by atoms with van der Waals surface area (Å²) in [6.45, 7) is 0. The van der Waals surface area contributed by atoms with Crippen molar-refractivity contribution in [3.8, 4) is 17.4 Å². The maximum Gasteiger partial charge on any atom is 0.219 e. The van der Waals surface area contributed by atoms with Crippen LogP contribution >= 0.6 is 11.6 Å². The van der Waals surface area contributed by atoms with Crippen molar-refractivity contribution in [3.63, 3.8) is 0 Å². The lowest BCUT2D eigenvalue weighted by Gasteiger charge is -2.09. The predicted octanol–water partition coefficient (Wildman–Crippen LogP) is 3.12. The number of pyridine rings is 1. The molecule has 5 heteroatoms. The molecule has 0 aliphatic carbocycles. The van der Waals surface area contributed by atoms with E-state index < -0.39 is 0 Å². The molecule has 17 heavy (non-hydrogen) atoms. The molecular formula is C12H11ClN2O2. The second-order valence-electron chi connectivity index (χ2n) is 3.33. The zero-order valence-electron chi connectivity index (χ0n) is 9.18. The van der Waals surface area contributed by atoms with Crippen LogP contribution in [0.15, 0.2) is 36.5 Å². The molecule has 0 saturated heterocycles. The minimum Gasteiger partial charge on any atom is -0.493 e. The van der Waals surface area contributed by atoms with Crippen molar-refractivity contribution in [3.05, 3.63) is 41.6 Å². The van der Waals surface area contributed by atoms with Crippen LogP contribution in [0.25, 0.3) is 0 Å². The van der Waals surface area contributed by atoms with Crippen molar-refractivity contribution in [2.75, 3.05) is 12.8 Å². The van der Waals surface area contributed by atoms with Crippen molar-refractivity contribution in [1.82, 2.24) is 4.98 Å². The predicted molar refractivity (Wildman–Crippen MR) is 66.7 cm³/mol. The van der Waals surface area contributed by atoms with Crippen molar-refractivity contribution >= 4 is 17.3 Å². The zero-order chi connectivity index (χ0) is 12.3. The summed E-state index contributed by atoms with van der Waals surface area (Å²) in [6.07, 6.45) is 1.51. The van der Waals surface area contributed by atoms with Crippen LogP contribution in [-0.2, 0) is 0 Å². The van der Waals surface area contributed by atoms with Crippen LogP contribution in [-0.4, -0.2) is 12.1 Å². The average molecular weight is 251 g/mol. The van der Waals surface area contributed by atoms with Crippen LogP contribution < -0.4 is 15.2 Å². The number of aromatic nitrogens is 1. The first-order valence-electron chi connectivity index (χ1n) is 4.92. The number of hydrogen-bond acceptors (Lipinski definition) is 4. The Morgan fingerprint density at radius 2 is 2.00 bits per heavy atom. The van der Waals surface area contributed by atoms with Crippen LogP contribution in [0.3, 0.4) is 0 Å². The monoisotopic (exact) mass is 250 g/mol. The summed E-state index contributed by atoms with van der Waals surface area (Å²) < 4.78 is 10.7. The molecule has 2 aromatic rings. The molecule has 0 atom stereocenters. The first kappa shape index (κ1) is 11.5. The van der Waals surface area contributed by atoms with Gasteiger partial charge in [0.2, 0.25) is 5.88 Å². The van der Waals surface area contributed by atoms with E-state index in [0.29, 0.717) is 28.1 Å². The maximum atomic E-state index is 5.74. The molecule has 0 bridgehead atoms. The third-order valence-electron chi connectivity index (χ3n) is 2.10. The lowest BCUT2D eigenvalue weighted by molar-refractivity contribution is 0.374. The summed E-state index contributed by atoms with van der Waals surface area (Å²) in [5.74, 6) is 1.54. The third kappa shape index (κ3) is 2.79. The smallest absolute Gasteiger partial charge is 0.219 e. The topological polar surface area (TPSA) is 57.4 Å². The van der Waals surface area contributed by atoms with Crippen LogP contribution in [0.4, 0.5) is 5.69 Å². The van der Waals surface area contributed by atoms with Gasteiger partial charge in [0.15, 0.2) is 11.5 Å². The molecule has 0 aliphatic heterocycles. The first-order valence-corrected chi connectivity index (χ1v) is 5.30. The fourth-order valence-corrected chi connectivity index (χ4v) is 1.42. The minimum atomic E-state index is 0.429. The summed E-state index contributed by atoms with van der Waals surface area (Å²) >= 11 is 5.74. The highest BCUT2D eigenvalue weighted by Crippen LogP contribution is 2.32. The van der Waals surface area contributed by atoms with E-state index in [0.717, 1.165) is 0 Å². The highest BCUT2D eigenvalue weighted by atomic mass is 35.5. The van der Waals surface area contributed by atoms with Gasteiger partial charge in [-0.25, -0.2) is 4.98 Å². The molecule has 1 aromatic carbocycles. The molecule has 0 radical (unpaired) electrons. The van der Waals surface area contributed by atoms with Gasteiger partial charge in [0.1, 0.15) is 0 Å². The standard InChI is InChI=1S/C12H11ClN2O2/c1-16-10-4-3-9(14)6-11(10)17-12-5-2-8(13)7-15-12/h2-7H,14H2,1H3. The van der Waals surface area contributed by atoms with Crippen molar-refractivity contribution in [2.45, 2.75) is 0 Å². The van der Waals surface area contributed by atoms with E-state index >= 15 is 0 Å².